The van der Waals surface area contributed by atoms with Crippen LogP contribution in [0, 0.1) is 0 Å². The quantitative estimate of drug-likeness (QED) is 0.701. The number of halogens is 1. The van der Waals surface area contributed by atoms with E-state index in [0.29, 0.717) is 47.2 Å². The molecule has 0 aliphatic carbocycles. The lowest BCUT2D eigenvalue weighted by Gasteiger charge is -2.36. The van der Waals surface area contributed by atoms with Crippen LogP contribution < -0.4 is 4.90 Å². The van der Waals surface area contributed by atoms with Crippen molar-refractivity contribution in [1.82, 2.24) is 9.80 Å². The van der Waals surface area contributed by atoms with Crippen molar-refractivity contribution in [2.75, 3.05) is 44.2 Å². The van der Waals surface area contributed by atoms with Gasteiger partial charge in [0.05, 0.1) is 17.9 Å². The molecule has 162 valence electrons. The van der Waals surface area contributed by atoms with E-state index in [1.807, 2.05) is 29.2 Å². The Morgan fingerprint density at radius 2 is 1.55 bits per heavy atom. The third kappa shape index (κ3) is 4.24. The zero-order chi connectivity index (χ0) is 22.0. The lowest BCUT2D eigenvalue weighted by atomic mass is 10.0. The fourth-order valence-corrected chi connectivity index (χ4v) is 4.27. The number of hydrogen-bond donors (Lipinski definition) is 1. The number of nitrogens with zero attached hydrogens (tertiary/aromatic N) is 3. The zero-order valence-electron chi connectivity index (χ0n) is 17.6. The molecular formula is C24H26ClN3O3. The number of rotatable bonds is 6. The molecule has 0 bridgehead atoms. The zero-order valence-corrected chi connectivity index (χ0v) is 18.3. The van der Waals surface area contributed by atoms with Gasteiger partial charge in [0.25, 0.3) is 11.8 Å². The van der Waals surface area contributed by atoms with Gasteiger partial charge in [0, 0.05) is 37.7 Å². The summed E-state index contributed by atoms with van der Waals surface area (Å²) < 4.78 is 0. The summed E-state index contributed by atoms with van der Waals surface area (Å²) in [7, 11) is 0. The molecule has 7 heteroatoms. The molecule has 2 aromatic carbocycles. The Labute approximate surface area is 187 Å². The SMILES string of the molecule is CCc1ccc(N2C(=O)C(c3ccc(Cl)cc3)=C(N3CCN(CCO)CC3)C2=O)cc1. The number of carbonyl (C=O) groups excluding carboxylic acids is 2. The van der Waals surface area contributed by atoms with E-state index in [0.717, 1.165) is 25.1 Å². The first-order valence-corrected chi connectivity index (χ1v) is 11.0. The van der Waals surface area contributed by atoms with Crippen LogP contribution in [0.1, 0.15) is 18.1 Å². The van der Waals surface area contributed by atoms with Gasteiger partial charge in [0.15, 0.2) is 0 Å². The van der Waals surface area contributed by atoms with Crippen molar-refractivity contribution in [2.45, 2.75) is 13.3 Å². The predicted molar refractivity (Wildman–Crippen MR) is 122 cm³/mol. The Kier molecular flexibility index (Phi) is 6.41. The van der Waals surface area contributed by atoms with Crippen molar-refractivity contribution in [2.24, 2.45) is 0 Å². The molecular weight excluding hydrogens is 414 g/mol. The molecule has 4 rings (SSSR count). The summed E-state index contributed by atoms with van der Waals surface area (Å²) >= 11 is 6.05. The molecule has 0 unspecified atom stereocenters. The second kappa shape index (κ2) is 9.22. The van der Waals surface area contributed by atoms with Gasteiger partial charge in [-0.1, -0.05) is 42.8 Å². The van der Waals surface area contributed by atoms with Crippen molar-refractivity contribution in [1.29, 1.82) is 0 Å². The maximum absolute atomic E-state index is 13.6. The largest absolute Gasteiger partial charge is 0.395 e. The standard InChI is InChI=1S/C24H26ClN3O3/c1-2-17-3-9-20(10-4-17)28-23(30)21(18-5-7-19(25)8-6-18)22(24(28)31)27-13-11-26(12-14-27)15-16-29/h3-10,29H,2,11-16H2,1H3. The summed E-state index contributed by atoms with van der Waals surface area (Å²) in [6.07, 6.45) is 0.889. The maximum atomic E-state index is 13.6. The normalized spacial score (nSPS) is 17.8. The first kappa shape index (κ1) is 21.6. The van der Waals surface area contributed by atoms with E-state index in [-0.39, 0.29) is 18.4 Å². The van der Waals surface area contributed by atoms with Crippen LogP contribution in [0.5, 0.6) is 0 Å². The number of aliphatic hydroxyl groups is 1. The molecule has 0 saturated carbocycles. The van der Waals surface area contributed by atoms with Crippen LogP contribution in [-0.4, -0.2) is 66.1 Å². The maximum Gasteiger partial charge on any atom is 0.282 e. The Hall–Kier alpha value is -2.67. The average Bonchev–Trinajstić information content (AvgIpc) is 3.05. The number of benzene rings is 2. The molecule has 2 amide bonds. The van der Waals surface area contributed by atoms with Gasteiger partial charge < -0.3 is 10.0 Å². The van der Waals surface area contributed by atoms with Crippen molar-refractivity contribution in [3.05, 3.63) is 70.4 Å². The molecule has 1 saturated heterocycles. The first-order chi connectivity index (χ1) is 15.0. The predicted octanol–water partition coefficient (Wildman–Crippen LogP) is 2.80. The smallest absolute Gasteiger partial charge is 0.282 e. The molecule has 2 aliphatic rings. The highest BCUT2D eigenvalue weighted by Crippen LogP contribution is 2.35. The number of hydrogen-bond acceptors (Lipinski definition) is 5. The van der Waals surface area contributed by atoms with Gasteiger partial charge in [-0.25, -0.2) is 4.90 Å². The summed E-state index contributed by atoms with van der Waals surface area (Å²) in [6.45, 7) is 5.48. The topological polar surface area (TPSA) is 64.1 Å². The molecule has 2 aromatic rings. The number of carbonyl (C=O) groups is 2. The summed E-state index contributed by atoms with van der Waals surface area (Å²) in [5, 5.41) is 9.78. The molecule has 1 N–H and O–H groups in total. The van der Waals surface area contributed by atoms with Crippen molar-refractivity contribution in [3.8, 4) is 0 Å². The van der Waals surface area contributed by atoms with Gasteiger partial charge in [-0.3, -0.25) is 14.5 Å². The number of aryl methyl sites for hydroxylation is 1. The minimum absolute atomic E-state index is 0.109. The highest BCUT2D eigenvalue weighted by molar-refractivity contribution is 6.45. The van der Waals surface area contributed by atoms with Crippen molar-refractivity contribution >= 4 is 34.7 Å². The lowest BCUT2D eigenvalue weighted by molar-refractivity contribution is -0.120. The van der Waals surface area contributed by atoms with Gasteiger partial charge in [0.2, 0.25) is 0 Å². The van der Waals surface area contributed by atoms with Gasteiger partial charge in [0.1, 0.15) is 5.70 Å². The van der Waals surface area contributed by atoms with E-state index in [9.17, 15) is 14.7 Å². The molecule has 2 heterocycles. The second-order valence-corrected chi connectivity index (χ2v) is 8.18. The van der Waals surface area contributed by atoms with E-state index >= 15 is 0 Å². The number of β-amino-alcohol motifs (C(OH)–C–C–N with tert-alkyl or cyclic N) is 1. The lowest BCUT2D eigenvalue weighted by Crippen LogP contribution is -2.48. The molecule has 6 nitrogen and oxygen atoms in total. The molecule has 0 radical (unpaired) electrons. The summed E-state index contributed by atoms with van der Waals surface area (Å²) in [5.41, 5.74) is 3.26. The Balaban J connectivity index is 1.71. The van der Waals surface area contributed by atoms with Crippen LogP contribution in [0.15, 0.2) is 54.2 Å². The Morgan fingerprint density at radius 1 is 0.903 bits per heavy atom. The number of anilines is 1. The first-order valence-electron chi connectivity index (χ1n) is 10.6. The third-order valence-corrected chi connectivity index (χ3v) is 6.15. The average molecular weight is 440 g/mol. The van der Waals surface area contributed by atoms with E-state index < -0.39 is 0 Å². The highest BCUT2D eigenvalue weighted by atomic mass is 35.5. The van der Waals surface area contributed by atoms with Crippen LogP contribution in [0.25, 0.3) is 5.57 Å². The van der Waals surface area contributed by atoms with Gasteiger partial charge in [-0.05, 0) is 41.8 Å². The van der Waals surface area contributed by atoms with Crippen LogP contribution >= 0.6 is 11.6 Å². The fourth-order valence-electron chi connectivity index (χ4n) is 4.14. The Bertz CT molecular complexity index is 994. The minimum Gasteiger partial charge on any atom is -0.395 e. The monoisotopic (exact) mass is 439 g/mol. The fraction of sp³-hybridized carbons (Fsp3) is 0.333. The van der Waals surface area contributed by atoms with Gasteiger partial charge in [-0.15, -0.1) is 0 Å². The molecule has 2 aliphatic heterocycles. The van der Waals surface area contributed by atoms with Crippen LogP contribution in [0.3, 0.4) is 0 Å². The van der Waals surface area contributed by atoms with Gasteiger partial charge in [-0.2, -0.15) is 0 Å². The number of aliphatic hydroxyl groups excluding tert-OH is 1. The second-order valence-electron chi connectivity index (χ2n) is 7.75. The van der Waals surface area contributed by atoms with E-state index in [1.54, 1.807) is 24.3 Å². The number of amides is 2. The molecule has 1 fully saturated rings. The molecule has 0 atom stereocenters. The molecule has 0 spiro atoms. The molecule has 31 heavy (non-hydrogen) atoms. The summed E-state index contributed by atoms with van der Waals surface area (Å²) in [6, 6.07) is 14.6. The third-order valence-electron chi connectivity index (χ3n) is 5.90. The highest BCUT2D eigenvalue weighted by Gasteiger charge is 2.43. The van der Waals surface area contributed by atoms with Gasteiger partial charge >= 0.3 is 0 Å². The van der Waals surface area contributed by atoms with Crippen molar-refractivity contribution < 1.29 is 14.7 Å². The van der Waals surface area contributed by atoms with E-state index in [2.05, 4.69) is 11.8 Å². The van der Waals surface area contributed by atoms with Crippen LogP contribution in [-0.2, 0) is 16.0 Å². The number of imide groups is 1. The number of piperazine rings is 1. The summed E-state index contributed by atoms with van der Waals surface area (Å²) in [5.74, 6) is -0.612. The molecule has 0 aromatic heterocycles. The minimum atomic E-state index is -0.315. The van der Waals surface area contributed by atoms with Crippen molar-refractivity contribution in [3.63, 3.8) is 0 Å². The summed E-state index contributed by atoms with van der Waals surface area (Å²) in [4.78, 5) is 32.5. The van der Waals surface area contributed by atoms with Crippen LogP contribution in [0.4, 0.5) is 5.69 Å². The van der Waals surface area contributed by atoms with Crippen LogP contribution in [0.2, 0.25) is 5.02 Å². The van der Waals surface area contributed by atoms with E-state index in [4.69, 9.17) is 11.6 Å². The Morgan fingerprint density at radius 3 is 2.13 bits per heavy atom. The van der Waals surface area contributed by atoms with E-state index in [1.165, 1.54) is 4.90 Å².